The summed E-state index contributed by atoms with van der Waals surface area (Å²) >= 11 is 0. The van der Waals surface area contributed by atoms with Gasteiger partial charge in [0, 0.05) is 6.61 Å². The molecule has 0 radical (unpaired) electrons. The summed E-state index contributed by atoms with van der Waals surface area (Å²) in [6.45, 7) is 1.94. The Morgan fingerprint density at radius 2 is 1.56 bits per heavy atom. The van der Waals surface area contributed by atoms with Crippen LogP contribution in [-0.2, 0) is 4.74 Å². The van der Waals surface area contributed by atoms with Gasteiger partial charge in [-0.25, -0.2) is 4.79 Å². The topological polar surface area (TPSA) is 55.8 Å². The minimum absolute atomic E-state index is 0.277. The highest BCUT2D eigenvalue weighted by atomic mass is 16.5. The van der Waals surface area contributed by atoms with Gasteiger partial charge in [0.2, 0.25) is 0 Å². The summed E-state index contributed by atoms with van der Waals surface area (Å²) in [7, 11) is 0. The maximum atomic E-state index is 10.8. The summed E-state index contributed by atoms with van der Waals surface area (Å²) in [5.41, 5.74) is 0.863. The van der Waals surface area contributed by atoms with Gasteiger partial charge in [0.25, 0.3) is 0 Å². The first kappa shape index (κ1) is 16.9. The smallest absolute Gasteiger partial charge is 0.335 e. The van der Waals surface area contributed by atoms with Crippen molar-refractivity contribution in [2.45, 2.75) is 44.9 Å². The summed E-state index contributed by atoms with van der Waals surface area (Å²) < 4.78 is 11.5. The molecular weight excluding hydrogens is 316 g/mol. The fourth-order valence-electron chi connectivity index (χ4n) is 5.90. The van der Waals surface area contributed by atoms with Gasteiger partial charge < -0.3 is 14.6 Å². The normalized spacial score (nSPS) is 32.7. The molecule has 4 saturated carbocycles. The summed E-state index contributed by atoms with van der Waals surface area (Å²) in [5.74, 6) is 2.78. The first-order valence-corrected chi connectivity index (χ1v) is 9.66. The van der Waals surface area contributed by atoms with Gasteiger partial charge in [0.05, 0.1) is 12.2 Å². The van der Waals surface area contributed by atoms with Crippen LogP contribution in [0.4, 0.5) is 0 Å². The number of aromatic carboxylic acids is 1. The molecule has 0 atom stereocenters. The monoisotopic (exact) mass is 344 g/mol. The van der Waals surface area contributed by atoms with Gasteiger partial charge >= 0.3 is 5.97 Å². The van der Waals surface area contributed by atoms with Crippen LogP contribution in [0.5, 0.6) is 5.75 Å². The van der Waals surface area contributed by atoms with E-state index in [9.17, 15) is 4.79 Å². The van der Waals surface area contributed by atoms with Crippen molar-refractivity contribution in [2.75, 3.05) is 19.8 Å². The SMILES string of the molecule is O=C(O)c1ccc(OCCOCCC23CC4CC(CC(C4)C2)C3)cc1. The second-order valence-corrected chi connectivity index (χ2v) is 8.46. The molecule has 0 heterocycles. The van der Waals surface area contributed by atoms with Gasteiger partial charge in [0.1, 0.15) is 12.4 Å². The fraction of sp³-hybridized carbons (Fsp3) is 0.667. The lowest BCUT2D eigenvalue weighted by Gasteiger charge is -2.57. The molecule has 1 N–H and O–H groups in total. The Morgan fingerprint density at radius 3 is 2.12 bits per heavy atom. The predicted octanol–water partition coefficient (Wildman–Crippen LogP) is 4.39. The average Bonchev–Trinajstić information content (AvgIpc) is 2.57. The lowest BCUT2D eigenvalue weighted by atomic mass is 9.49. The van der Waals surface area contributed by atoms with Crippen molar-refractivity contribution in [1.82, 2.24) is 0 Å². The second-order valence-electron chi connectivity index (χ2n) is 8.46. The Balaban J connectivity index is 1.15. The van der Waals surface area contributed by atoms with Crippen molar-refractivity contribution in [1.29, 1.82) is 0 Å². The van der Waals surface area contributed by atoms with E-state index in [1.165, 1.54) is 44.9 Å². The van der Waals surface area contributed by atoms with Crippen molar-refractivity contribution >= 4 is 5.97 Å². The third kappa shape index (κ3) is 3.84. The van der Waals surface area contributed by atoms with E-state index in [2.05, 4.69) is 0 Å². The maximum absolute atomic E-state index is 10.8. The standard InChI is InChI=1S/C21H28O4/c22-20(23)18-1-3-19(4-2-18)25-8-7-24-6-5-21-12-15-9-16(13-21)11-17(10-15)14-21/h1-4,15-17H,5-14H2,(H,22,23). The molecule has 0 unspecified atom stereocenters. The minimum Gasteiger partial charge on any atom is -0.491 e. The van der Waals surface area contributed by atoms with E-state index in [1.54, 1.807) is 24.3 Å². The Bertz CT molecular complexity index is 572. The lowest BCUT2D eigenvalue weighted by molar-refractivity contribution is -0.0697. The Labute approximate surface area is 149 Å². The van der Waals surface area contributed by atoms with E-state index in [-0.39, 0.29) is 5.56 Å². The highest BCUT2D eigenvalue weighted by molar-refractivity contribution is 5.87. The van der Waals surface area contributed by atoms with Crippen LogP contribution in [0.3, 0.4) is 0 Å². The Morgan fingerprint density at radius 1 is 0.960 bits per heavy atom. The van der Waals surface area contributed by atoms with Gasteiger partial charge in [-0.2, -0.15) is 0 Å². The molecule has 4 aliphatic rings. The van der Waals surface area contributed by atoms with Crippen molar-refractivity contribution in [2.24, 2.45) is 23.2 Å². The van der Waals surface area contributed by atoms with E-state index in [4.69, 9.17) is 14.6 Å². The molecule has 4 fully saturated rings. The number of hydrogen-bond acceptors (Lipinski definition) is 3. The number of hydrogen-bond donors (Lipinski definition) is 1. The highest BCUT2D eigenvalue weighted by Gasteiger charge is 2.50. The summed E-state index contributed by atoms with van der Waals surface area (Å²) in [5, 5.41) is 8.88. The van der Waals surface area contributed by atoms with Gasteiger partial charge in [0.15, 0.2) is 0 Å². The van der Waals surface area contributed by atoms with Gasteiger partial charge in [-0.15, -0.1) is 0 Å². The number of carboxylic acids is 1. The van der Waals surface area contributed by atoms with Crippen molar-refractivity contribution in [3.05, 3.63) is 29.8 Å². The van der Waals surface area contributed by atoms with Gasteiger partial charge in [-0.05, 0) is 92.4 Å². The molecule has 1 aromatic carbocycles. The van der Waals surface area contributed by atoms with E-state index in [0.29, 0.717) is 24.4 Å². The largest absolute Gasteiger partial charge is 0.491 e. The van der Waals surface area contributed by atoms with E-state index < -0.39 is 5.97 Å². The maximum Gasteiger partial charge on any atom is 0.335 e. The number of ether oxygens (including phenoxy) is 2. The number of carbonyl (C=O) groups is 1. The van der Waals surface area contributed by atoms with Crippen LogP contribution in [0.2, 0.25) is 0 Å². The molecule has 4 nitrogen and oxygen atoms in total. The Hall–Kier alpha value is -1.55. The van der Waals surface area contributed by atoms with Crippen LogP contribution in [0.1, 0.15) is 55.3 Å². The molecule has 0 spiro atoms. The molecule has 0 amide bonds. The third-order valence-electron chi connectivity index (χ3n) is 6.54. The van der Waals surface area contributed by atoms with Crippen molar-refractivity contribution in [3.8, 4) is 5.75 Å². The second kappa shape index (κ2) is 6.99. The zero-order chi connectivity index (χ0) is 17.3. The molecular formula is C21H28O4. The fourth-order valence-corrected chi connectivity index (χ4v) is 5.90. The van der Waals surface area contributed by atoms with Gasteiger partial charge in [-0.1, -0.05) is 0 Å². The summed E-state index contributed by atoms with van der Waals surface area (Å²) in [6, 6.07) is 6.51. The number of benzene rings is 1. The quantitative estimate of drug-likeness (QED) is 0.711. The first-order chi connectivity index (χ1) is 12.1. The average molecular weight is 344 g/mol. The summed E-state index contributed by atoms with van der Waals surface area (Å²) in [4.78, 5) is 10.8. The van der Waals surface area contributed by atoms with Crippen LogP contribution >= 0.6 is 0 Å². The summed E-state index contributed by atoms with van der Waals surface area (Å²) in [6.07, 6.45) is 10.0. The number of rotatable bonds is 8. The lowest BCUT2D eigenvalue weighted by Crippen LogP contribution is -2.46. The zero-order valence-electron chi connectivity index (χ0n) is 14.8. The molecule has 0 saturated heterocycles. The molecule has 0 aliphatic heterocycles. The van der Waals surface area contributed by atoms with Crippen LogP contribution < -0.4 is 4.74 Å². The van der Waals surface area contributed by atoms with Crippen LogP contribution in [0.25, 0.3) is 0 Å². The van der Waals surface area contributed by atoms with E-state index >= 15 is 0 Å². The molecule has 5 rings (SSSR count). The highest BCUT2D eigenvalue weighted by Crippen LogP contribution is 2.61. The molecule has 4 heteroatoms. The minimum atomic E-state index is -0.917. The van der Waals surface area contributed by atoms with Crippen molar-refractivity contribution in [3.63, 3.8) is 0 Å². The molecule has 136 valence electrons. The van der Waals surface area contributed by atoms with Crippen LogP contribution in [0.15, 0.2) is 24.3 Å². The molecule has 4 aliphatic carbocycles. The third-order valence-corrected chi connectivity index (χ3v) is 6.54. The molecule has 4 bridgehead atoms. The first-order valence-electron chi connectivity index (χ1n) is 9.66. The van der Waals surface area contributed by atoms with Crippen molar-refractivity contribution < 1.29 is 19.4 Å². The van der Waals surface area contributed by atoms with Gasteiger partial charge in [-0.3, -0.25) is 0 Å². The zero-order valence-corrected chi connectivity index (χ0v) is 14.8. The molecule has 0 aromatic heterocycles. The number of carboxylic acid groups (broad SMARTS) is 1. The van der Waals surface area contributed by atoms with Crippen LogP contribution in [-0.4, -0.2) is 30.9 Å². The Kier molecular flexibility index (Phi) is 4.72. The van der Waals surface area contributed by atoms with Crippen LogP contribution in [0, 0.1) is 23.2 Å². The van der Waals surface area contributed by atoms with E-state index in [1.807, 2.05) is 0 Å². The molecule has 25 heavy (non-hydrogen) atoms. The van der Waals surface area contributed by atoms with E-state index in [0.717, 1.165) is 24.4 Å². The molecule has 1 aromatic rings. The predicted molar refractivity (Wildman–Crippen MR) is 94.9 cm³/mol.